The van der Waals surface area contributed by atoms with Crippen LogP contribution in [0, 0.1) is 5.82 Å². The molecule has 2 aromatic rings. The Morgan fingerprint density at radius 2 is 2.16 bits per heavy atom. The molecule has 7 heteroatoms. The summed E-state index contributed by atoms with van der Waals surface area (Å²) < 4.78 is 24.4. The number of carbonyl (C=O) groups is 1. The zero-order valence-electron chi connectivity index (χ0n) is 14.4. The van der Waals surface area contributed by atoms with Crippen molar-refractivity contribution in [3.05, 3.63) is 47.5 Å². The van der Waals surface area contributed by atoms with E-state index in [1.54, 1.807) is 30.3 Å². The Morgan fingerprint density at radius 3 is 2.84 bits per heavy atom. The average Bonchev–Trinajstić information content (AvgIpc) is 3.28. The number of aromatic nitrogens is 2. The van der Waals surface area contributed by atoms with Crippen LogP contribution in [0.25, 0.3) is 0 Å². The molecule has 1 amide bonds. The highest BCUT2D eigenvalue weighted by Crippen LogP contribution is 2.28. The quantitative estimate of drug-likeness (QED) is 0.871. The Hall–Kier alpha value is -2.41. The molecule has 1 aliphatic heterocycles. The second kappa shape index (κ2) is 7.23. The predicted octanol–water partition coefficient (Wildman–Crippen LogP) is 2.42. The smallest absolute Gasteiger partial charge is 0.257 e. The van der Waals surface area contributed by atoms with Gasteiger partial charge >= 0.3 is 0 Å². The first-order valence-electron chi connectivity index (χ1n) is 8.32. The molecule has 0 spiro atoms. The lowest BCUT2D eigenvalue weighted by molar-refractivity contribution is -0.0342. The van der Waals surface area contributed by atoms with Crippen LogP contribution in [0.2, 0.25) is 0 Å². The van der Waals surface area contributed by atoms with E-state index in [0.29, 0.717) is 37.4 Å². The summed E-state index contributed by atoms with van der Waals surface area (Å²) >= 11 is 0. The van der Waals surface area contributed by atoms with Crippen LogP contribution in [0.15, 0.2) is 30.5 Å². The predicted molar refractivity (Wildman–Crippen MR) is 90.1 cm³/mol. The Labute approximate surface area is 145 Å². The number of hydrogen-bond donors (Lipinski definition) is 1. The summed E-state index contributed by atoms with van der Waals surface area (Å²) in [7, 11) is 1.62. The summed E-state index contributed by atoms with van der Waals surface area (Å²) in [5.74, 6) is 0.218. The van der Waals surface area contributed by atoms with Crippen LogP contribution in [-0.2, 0) is 11.2 Å². The molecular formula is C18H22FN3O3. The second-order valence-electron chi connectivity index (χ2n) is 6.22. The Bertz CT molecular complexity index is 731. The minimum Gasteiger partial charge on any atom is -0.491 e. The number of nitrogens with zero attached hydrogens (tertiary/aromatic N) is 2. The number of aryl methyl sites for hydroxylation is 1. The zero-order valence-corrected chi connectivity index (χ0v) is 14.4. The number of ether oxygens (including phenoxy) is 2. The summed E-state index contributed by atoms with van der Waals surface area (Å²) in [5, 5.41) is 6.83. The fraction of sp³-hybridized carbons (Fsp3) is 0.444. The molecule has 0 saturated carbocycles. The van der Waals surface area contributed by atoms with Gasteiger partial charge in [0, 0.05) is 19.3 Å². The van der Waals surface area contributed by atoms with Gasteiger partial charge in [0.15, 0.2) is 0 Å². The average molecular weight is 347 g/mol. The summed E-state index contributed by atoms with van der Waals surface area (Å²) in [4.78, 5) is 14.5. The Morgan fingerprint density at radius 1 is 1.40 bits per heavy atom. The van der Waals surface area contributed by atoms with E-state index in [4.69, 9.17) is 9.47 Å². The number of aromatic amines is 1. The van der Waals surface area contributed by atoms with Crippen molar-refractivity contribution in [2.45, 2.75) is 25.4 Å². The minimum atomic E-state index is -0.569. The van der Waals surface area contributed by atoms with Crippen molar-refractivity contribution in [1.82, 2.24) is 15.1 Å². The van der Waals surface area contributed by atoms with Gasteiger partial charge in [-0.2, -0.15) is 5.10 Å². The van der Waals surface area contributed by atoms with Gasteiger partial charge in [0.25, 0.3) is 5.91 Å². The molecule has 6 nitrogen and oxygen atoms in total. The maximum absolute atomic E-state index is 13.0. The van der Waals surface area contributed by atoms with Crippen LogP contribution in [0.4, 0.5) is 4.39 Å². The normalized spacial score (nSPS) is 20.0. The van der Waals surface area contributed by atoms with Crippen LogP contribution in [0.5, 0.6) is 5.75 Å². The molecule has 1 saturated heterocycles. The lowest BCUT2D eigenvalue weighted by atomic mass is 10.0. The van der Waals surface area contributed by atoms with Crippen LogP contribution in [0.1, 0.15) is 29.4 Å². The zero-order chi connectivity index (χ0) is 17.9. The topological polar surface area (TPSA) is 67.5 Å². The molecule has 1 aliphatic rings. The van der Waals surface area contributed by atoms with E-state index in [9.17, 15) is 9.18 Å². The summed E-state index contributed by atoms with van der Waals surface area (Å²) in [6.45, 7) is 3.31. The number of rotatable bonds is 6. The van der Waals surface area contributed by atoms with Crippen LogP contribution in [-0.4, -0.2) is 53.4 Å². The minimum absolute atomic E-state index is 0.0497. The van der Waals surface area contributed by atoms with Crippen molar-refractivity contribution in [2.24, 2.45) is 0 Å². The molecule has 1 atom stereocenters. The molecule has 0 radical (unpaired) electrons. The molecule has 0 unspecified atom stereocenters. The van der Waals surface area contributed by atoms with Crippen LogP contribution >= 0.6 is 0 Å². The molecule has 3 rings (SSSR count). The summed E-state index contributed by atoms with van der Waals surface area (Å²) in [6, 6.07) is 5.86. The monoisotopic (exact) mass is 347 g/mol. The molecular weight excluding hydrogens is 325 g/mol. The van der Waals surface area contributed by atoms with Crippen molar-refractivity contribution >= 4 is 5.91 Å². The number of amides is 1. The molecule has 1 aromatic carbocycles. The molecule has 25 heavy (non-hydrogen) atoms. The SMILES string of the molecule is CCc1[nH]ncc1C(=O)N1CC[C@](COc2ccc(F)cc2)(OC)C1. The third kappa shape index (κ3) is 3.66. The number of H-pyrrole nitrogens is 1. The van der Waals surface area contributed by atoms with Crippen LogP contribution < -0.4 is 4.74 Å². The number of likely N-dealkylation sites (tertiary alicyclic amines) is 1. The van der Waals surface area contributed by atoms with E-state index >= 15 is 0 Å². The van der Waals surface area contributed by atoms with Crippen molar-refractivity contribution in [1.29, 1.82) is 0 Å². The molecule has 134 valence electrons. The fourth-order valence-electron chi connectivity index (χ4n) is 3.04. The van der Waals surface area contributed by atoms with Crippen molar-refractivity contribution in [3.8, 4) is 5.75 Å². The van der Waals surface area contributed by atoms with Gasteiger partial charge in [-0.25, -0.2) is 4.39 Å². The van der Waals surface area contributed by atoms with Gasteiger partial charge in [-0.15, -0.1) is 0 Å². The maximum atomic E-state index is 13.0. The van der Waals surface area contributed by atoms with Gasteiger partial charge in [0.1, 0.15) is 23.8 Å². The third-order valence-electron chi connectivity index (χ3n) is 4.65. The van der Waals surface area contributed by atoms with E-state index in [1.165, 1.54) is 12.1 Å². The number of hydrogen-bond acceptors (Lipinski definition) is 4. The highest BCUT2D eigenvalue weighted by atomic mass is 19.1. The first kappa shape index (κ1) is 17.4. The van der Waals surface area contributed by atoms with E-state index in [2.05, 4.69) is 10.2 Å². The van der Waals surface area contributed by atoms with E-state index in [-0.39, 0.29) is 11.7 Å². The largest absolute Gasteiger partial charge is 0.491 e. The molecule has 2 heterocycles. The third-order valence-corrected chi connectivity index (χ3v) is 4.65. The first-order valence-corrected chi connectivity index (χ1v) is 8.32. The number of carbonyl (C=O) groups excluding carboxylic acids is 1. The number of nitrogens with one attached hydrogen (secondary N) is 1. The van der Waals surface area contributed by atoms with E-state index in [1.807, 2.05) is 6.92 Å². The highest BCUT2D eigenvalue weighted by Gasteiger charge is 2.41. The standard InChI is InChI=1S/C18H22FN3O3/c1-3-16-15(10-20-21-16)17(23)22-9-8-18(11-22,24-2)12-25-14-6-4-13(19)5-7-14/h4-7,10H,3,8-9,11-12H2,1-2H3,(H,20,21)/t18-/m0/s1. The summed E-state index contributed by atoms with van der Waals surface area (Å²) in [5.41, 5.74) is 0.872. The van der Waals surface area contributed by atoms with Gasteiger partial charge in [0.2, 0.25) is 0 Å². The number of benzene rings is 1. The number of methoxy groups -OCH3 is 1. The Balaban J connectivity index is 1.65. The van der Waals surface area contributed by atoms with Gasteiger partial charge < -0.3 is 14.4 Å². The summed E-state index contributed by atoms with van der Waals surface area (Å²) in [6.07, 6.45) is 2.97. The number of halogens is 1. The van der Waals surface area contributed by atoms with Gasteiger partial charge in [-0.05, 0) is 37.1 Å². The molecule has 1 aromatic heterocycles. The second-order valence-corrected chi connectivity index (χ2v) is 6.22. The molecule has 1 N–H and O–H groups in total. The lowest BCUT2D eigenvalue weighted by Gasteiger charge is -2.27. The van der Waals surface area contributed by atoms with Crippen molar-refractivity contribution in [3.63, 3.8) is 0 Å². The van der Waals surface area contributed by atoms with Crippen molar-refractivity contribution < 1.29 is 18.7 Å². The molecule has 1 fully saturated rings. The molecule has 0 aliphatic carbocycles. The first-order chi connectivity index (χ1) is 12.1. The van der Waals surface area contributed by atoms with Crippen LogP contribution in [0.3, 0.4) is 0 Å². The van der Waals surface area contributed by atoms with Gasteiger partial charge in [0.05, 0.1) is 18.3 Å². The lowest BCUT2D eigenvalue weighted by Crippen LogP contribution is -2.42. The highest BCUT2D eigenvalue weighted by molar-refractivity contribution is 5.95. The van der Waals surface area contributed by atoms with E-state index < -0.39 is 5.60 Å². The maximum Gasteiger partial charge on any atom is 0.257 e. The van der Waals surface area contributed by atoms with E-state index in [0.717, 1.165) is 12.1 Å². The van der Waals surface area contributed by atoms with Gasteiger partial charge in [-0.3, -0.25) is 9.89 Å². The van der Waals surface area contributed by atoms with Gasteiger partial charge in [-0.1, -0.05) is 6.92 Å². The molecule has 0 bridgehead atoms. The Kier molecular flexibility index (Phi) is 5.03. The van der Waals surface area contributed by atoms with Crippen molar-refractivity contribution in [2.75, 3.05) is 26.8 Å². The fourth-order valence-corrected chi connectivity index (χ4v) is 3.04.